The van der Waals surface area contributed by atoms with E-state index < -0.39 is 5.97 Å². The molecule has 0 unspecified atom stereocenters. The van der Waals surface area contributed by atoms with E-state index in [2.05, 4.69) is 20.8 Å². The van der Waals surface area contributed by atoms with E-state index in [4.69, 9.17) is 21.1 Å². The summed E-state index contributed by atoms with van der Waals surface area (Å²) in [6.45, 7) is 1.89. The summed E-state index contributed by atoms with van der Waals surface area (Å²) in [5, 5.41) is 10.6. The summed E-state index contributed by atoms with van der Waals surface area (Å²) in [5.74, 6) is -0.228. The zero-order valence-electron chi connectivity index (χ0n) is 19.8. The van der Waals surface area contributed by atoms with Crippen molar-refractivity contribution in [1.29, 1.82) is 0 Å². The Balaban J connectivity index is 1.28. The third-order valence-electron chi connectivity index (χ3n) is 4.96. The van der Waals surface area contributed by atoms with Crippen LogP contribution in [0.2, 0.25) is 5.02 Å². The van der Waals surface area contributed by atoms with Crippen LogP contribution in [0.15, 0.2) is 83.3 Å². The lowest BCUT2D eigenvalue weighted by Crippen LogP contribution is -2.17. The van der Waals surface area contributed by atoms with Crippen molar-refractivity contribution in [2.75, 3.05) is 18.5 Å². The van der Waals surface area contributed by atoms with Gasteiger partial charge in [0, 0.05) is 27.2 Å². The first-order valence-electron chi connectivity index (χ1n) is 11.3. The van der Waals surface area contributed by atoms with Crippen molar-refractivity contribution in [3.63, 3.8) is 0 Å². The normalized spacial score (nSPS) is 10.8. The third-order valence-corrected chi connectivity index (χ3v) is 5.97. The summed E-state index contributed by atoms with van der Waals surface area (Å²) in [5.41, 5.74) is 6.34. The molecule has 0 bridgehead atoms. The van der Waals surface area contributed by atoms with Gasteiger partial charge in [-0.15, -0.1) is 11.3 Å². The number of carbonyl (C=O) groups excluding carboxylic acids is 2. The first-order chi connectivity index (χ1) is 18.0. The van der Waals surface area contributed by atoms with Crippen molar-refractivity contribution in [1.82, 2.24) is 10.4 Å². The van der Waals surface area contributed by atoms with Gasteiger partial charge in [0.15, 0.2) is 11.7 Å². The zero-order valence-corrected chi connectivity index (χ0v) is 21.4. The Hall–Kier alpha value is -4.21. The highest BCUT2D eigenvalue weighted by molar-refractivity contribution is 7.14. The second-order valence-corrected chi connectivity index (χ2v) is 8.90. The number of hydrogen-bond donors (Lipinski definition) is 2. The molecular formula is C27H23ClN4O4S. The maximum atomic E-state index is 12.4. The van der Waals surface area contributed by atoms with E-state index in [1.807, 2.05) is 41.8 Å². The lowest BCUT2D eigenvalue weighted by molar-refractivity contribution is -0.145. The Morgan fingerprint density at radius 2 is 1.76 bits per heavy atom. The van der Waals surface area contributed by atoms with E-state index >= 15 is 0 Å². The molecule has 1 aromatic heterocycles. The van der Waals surface area contributed by atoms with Crippen LogP contribution < -0.4 is 15.5 Å². The number of thiazole rings is 1. The van der Waals surface area contributed by atoms with Gasteiger partial charge in [0.25, 0.3) is 5.91 Å². The topological polar surface area (TPSA) is 102 Å². The highest BCUT2D eigenvalue weighted by atomic mass is 35.5. The number of nitrogens with one attached hydrogen (secondary N) is 2. The number of hydrogen-bond acceptors (Lipinski definition) is 8. The second kappa shape index (κ2) is 12.7. The Labute approximate surface area is 222 Å². The minimum atomic E-state index is -0.425. The standard InChI is InChI=1S/C27H23ClN4O4S/c1-2-35-25(33)16-36-23-13-3-18(4-14-23)15-29-32-26(34)20-7-5-19(6-8-20)24-17-37-27(31-24)30-22-11-9-21(28)10-12-22/h3-15,17H,2,16H2,1H3,(H,30,31)(H,32,34)/b29-15-. The predicted molar refractivity (Wildman–Crippen MR) is 146 cm³/mol. The van der Waals surface area contributed by atoms with Crippen LogP contribution in [0.25, 0.3) is 11.3 Å². The molecule has 1 heterocycles. The molecule has 37 heavy (non-hydrogen) atoms. The summed E-state index contributed by atoms with van der Waals surface area (Å²) in [6, 6.07) is 21.5. The number of benzene rings is 3. The van der Waals surface area contributed by atoms with Gasteiger partial charge in [-0.1, -0.05) is 23.7 Å². The van der Waals surface area contributed by atoms with E-state index in [1.165, 1.54) is 17.6 Å². The van der Waals surface area contributed by atoms with Gasteiger partial charge in [-0.3, -0.25) is 4.79 Å². The molecule has 0 saturated heterocycles. The molecule has 188 valence electrons. The van der Waals surface area contributed by atoms with Crippen LogP contribution in [0.5, 0.6) is 5.75 Å². The van der Waals surface area contributed by atoms with Crippen LogP contribution in [-0.2, 0) is 9.53 Å². The Morgan fingerprint density at radius 1 is 1.03 bits per heavy atom. The lowest BCUT2D eigenvalue weighted by atomic mass is 10.1. The van der Waals surface area contributed by atoms with Crippen molar-refractivity contribution in [3.05, 3.63) is 94.3 Å². The average Bonchev–Trinajstić information content (AvgIpc) is 3.38. The van der Waals surface area contributed by atoms with Crippen molar-refractivity contribution >= 4 is 51.8 Å². The van der Waals surface area contributed by atoms with Gasteiger partial charge < -0.3 is 14.8 Å². The maximum absolute atomic E-state index is 12.4. The summed E-state index contributed by atoms with van der Waals surface area (Å²) >= 11 is 7.41. The summed E-state index contributed by atoms with van der Waals surface area (Å²) in [4.78, 5) is 28.4. The molecule has 0 spiro atoms. The van der Waals surface area contributed by atoms with Crippen molar-refractivity contribution in [2.45, 2.75) is 6.92 Å². The van der Waals surface area contributed by atoms with Crippen LogP contribution in [-0.4, -0.2) is 36.3 Å². The molecule has 8 nitrogen and oxygen atoms in total. The van der Waals surface area contributed by atoms with Crippen molar-refractivity contribution < 1.29 is 19.1 Å². The molecule has 0 fully saturated rings. The van der Waals surface area contributed by atoms with Crippen LogP contribution in [0.1, 0.15) is 22.8 Å². The number of ether oxygens (including phenoxy) is 2. The second-order valence-electron chi connectivity index (χ2n) is 7.61. The minimum absolute atomic E-state index is 0.153. The Bertz CT molecular complexity index is 1370. The minimum Gasteiger partial charge on any atom is -0.482 e. The van der Waals surface area contributed by atoms with Crippen LogP contribution in [0.4, 0.5) is 10.8 Å². The van der Waals surface area contributed by atoms with E-state index in [9.17, 15) is 9.59 Å². The smallest absolute Gasteiger partial charge is 0.344 e. The first-order valence-corrected chi connectivity index (χ1v) is 12.6. The number of amides is 1. The molecule has 0 aliphatic rings. The summed E-state index contributed by atoms with van der Waals surface area (Å²) in [6.07, 6.45) is 1.52. The molecule has 0 saturated carbocycles. The molecular weight excluding hydrogens is 512 g/mol. The van der Waals surface area contributed by atoms with Gasteiger partial charge in [-0.25, -0.2) is 15.2 Å². The third kappa shape index (κ3) is 7.63. The molecule has 4 aromatic rings. The molecule has 2 N–H and O–H groups in total. The van der Waals surface area contributed by atoms with Crippen molar-refractivity contribution in [3.8, 4) is 17.0 Å². The molecule has 0 radical (unpaired) electrons. The van der Waals surface area contributed by atoms with Crippen LogP contribution in [0, 0.1) is 0 Å². The molecule has 4 rings (SSSR count). The molecule has 3 aromatic carbocycles. The first kappa shape index (κ1) is 25.9. The molecule has 1 amide bonds. The van der Waals surface area contributed by atoms with Crippen LogP contribution in [0.3, 0.4) is 0 Å². The Kier molecular flexibility index (Phi) is 8.85. The number of halogens is 1. The van der Waals surface area contributed by atoms with Gasteiger partial charge in [-0.2, -0.15) is 5.10 Å². The molecule has 10 heteroatoms. The number of aromatic nitrogens is 1. The summed E-state index contributed by atoms with van der Waals surface area (Å²) < 4.78 is 10.2. The number of esters is 1. The van der Waals surface area contributed by atoms with E-state index in [1.54, 1.807) is 43.3 Å². The van der Waals surface area contributed by atoms with Crippen LogP contribution >= 0.6 is 22.9 Å². The number of rotatable bonds is 10. The van der Waals surface area contributed by atoms with Gasteiger partial charge >= 0.3 is 5.97 Å². The fourth-order valence-corrected chi connectivity index (χ4v) is 4.00. The quantitative estimate of drug-likeness (QED) is 0.149. The lowest BCUT2D eigenvalue weighted by Gasteiger charge is -2.05. The largest absolute Gasteiger partial charge is 0.482 e. The SMILES string of the molecule is CCOC(=O)COc1ccc(/C=N\NC(=O)c2ccc(-c3csc(Nc4ccc(Cl)cc4)n3)cc2)cc1. The van der Waals surface area contributed by atoms with Gasteiger partial charge in [0.1, 0.15) is 5.75 Å². The molecule has 0 atom stereocenters. The average molecular weight is 535 g/mol. The zero-order chi connectivity index (χ0) is 26.0. The van der Waals surface area contributed by atoms with Crippen molar-refractivity contribution in [2.24, 2.45) is 5.10 Å². The van der Waals surface area contributed by atoms with Gasteiger partial charge in [0.05, 0.1) is 18.5 Å². The predicted octanol–water partition coefficient (Wildman–Crippen LogP) is 5.91. The number of carbonyl (C=O) groups is 2. The van der Waals surface area contributed by atoms with Gasteiger partial charge in [0.2, 0.25) is 0 Å². The fraction of sp³-hybridized carbons (Fsp3) is 0.111. The van der Waals surface area contributed by atoms with E-state index in [0.29, 0.717) is 22.9 Å². The van der Waals surface area contributed by atoms with E-state index in [-0.39, 0.29) is 12.5 Å². The maximum Gasteiger partial charge on any atom is 0.344 e. The van der Waals surface area contributed by atoms with Gasteiger partial charge in [-0.05, 0) is 73.2 Å². The highest BCUT2D eigenvalue weighted by Crippen LogP contribution is 2.27. The number of hydrazone groups is 1. The Morgan fingerprint density at radius 3 is 2.46 bits per heavy atom. The highest BCUT2D eigenvalue weighted by Gasteiger charge is 2.08. The summed E-state index contributed by atoms with van der Waals surface area (Å²) in [7, 11) is 0. The number of nitrogens with zero attached hydrogens (tertiary/aromatic N) is 2. The molecule has 0 aliphatic heterocycles. The fourth-order valence-electron chi connectivity index (χ4n) is 3.14. The monoisotopic (exact) mass is 534 g/mol. The van der Waals surface area contributed by atoms with E-state index in [0.717, 1.165) is 27.6 Å². The molecule has 0 aliphatic carbocycles. The number of anilines is 2.